The SMILES string of the molecule is CCOc1ccccc1NC(=O)COC(=O)c1cc(C)ccc1O. The van der Waals surface area contributed by atoms with Crippen molar-refractivity contribution < 1.29 is 24.2 Å². The Morgan fingerprint density at radius 3 is 2.67 bits per heavy atom. The van der Waals surface area contributed by atoms with Crippen molar-refractivity contribution in [1.82, 2.24) is 0 Å². The summed E-state index contributed by atoms with van der Waals surface area (Å²) in [6.07, 6.45) is 0. The Morgan fingerprint density at radius 2 is 1.92 bits per heavy atom. The summed E-state index contributed by atoms with van der Waals surface area (Å²) in [6, 6.07) is 11.6. The van der Waals surface area contributed by atoms with E-state index in [9.17, 15) is 14.7 Å². The van der Waals surface area contributed by atoms with Gasteiger partial charge in [-0.1, -0.05) is 23.8 Å². The van der Waals surface area contributed by atoms with Crippen molar-refractivity contribution in [2.45, 2.75) is 13.8 Å². The van der Waals surface area contributed by atoms with Crippen molar-refractivity contribution in [2.75, 3.05) is 18.5 Å². The second kappa shape index (κ2) is 8.01. The average Bonchev–Trinajstić information content (AvgIpc) is 2.57. The van der Waals surface area contributed by atoms with Crippen LogP contribution in [0.25, 0.3) is 0 Å². The van der Waals surface area contributed by atoms with Crippen LogP contribution < -0.4 is 10.1 Å². The van der Waals surface area contributed by atoms with Crippen LogP contribution in [0.5, 0.6) is 11.5 Å². The number of phenols is 1. The highest BCUT2D eigenvalue weighted by molar-refractivity contribution is 5.97. The summed E-state index contributed by atoms with van der Waals surface area (Å²) in [5.74, 6) is -0.907. The molecule has 0 radical (unpaired) electrons. The molecule has 2 aromatic carbocycles. The number of benzene rings is 2. The van der Waals surface area contributed by atoms with Gasteiger partial charge in [-0.25, -0.2) is 4.79 Å². The summed E-state index contributed by atoms with van der Waals surface area (Å²) in [5.41, 5.74) is 1.33. The number of esters is 1. The Hall–Kier alpha value is -3.02. The smallest absolute Gasteiger partial charge is 0.342 e. The van der Waals surface area contributed by atoms with E-state index < -0.39 is 18.5 Å². The fraction of sp³-hybridized carbons (Fsp3) is 0.222. The molecule has 2 rings (SSSR count). The molecule has 0 saturated heterocycles. The molecule has 6 nitrogen and oxygen atoms in total. The van der Waals surface area contributed by atoms with Gasteiger partial charge in [0.2, 0.25) is 0 Å². The topological polar surface area (TPSA) is 84.9 Å². The molecular formula is C18H19NO5. The monoisotopic (exact) mass is 329 g/mol. The zero-order valence-electron chi connectivity index (χ0n) is 13.5. The van der Waals surface area contributed by atoms with Gasteiger partial charge in [0.1, 0.15) is 17.1 Å². The third kappa shape index (κ3) is 4.49. The maximum Gasteiger partial charge on any atom is 0.342 e. The number of carbonyl (C=O) groups excluding carboxylic acids is 2. The fourth-order valence-corrected chi connectivity index (χ4v) is 2.06. The van der Waals surface area contributed by atoms with Crippen LogP contribution in [0.1, 0.15) is 22.8 Å². The van der Waals surface area contributed by atoms with Gasteiger partial charge in [-0.3, -0.25) is 4.79 Å². The highest BCUT2D eigenvalue weighted by Gasteiger charge is 2.15. The van der Waals surface area contributed by atoms with Crippen LogP contribution in [0.4, 0.5) is 5.69 Å². The lowest BCUT2D eigenvalue weighted by Gasteiger charge is -2.11. The Bertz CT molecular complexity index is 742. The largest absolute Gasteiger partial charge is 0.507 e. The zero-order valence-corrected chi connectivity index (χ0v) is 13.5. The number of anilines is 1. The predicted molar refractivity (Wildman–Crippen MR) is 89.4 cm³/mol. The second-order valence-corrected chi connectivity index (χ2v) is 5.07. The van der Waals surface area contributed by atoms with Gasteiger partial charge in [-0.05, 0) is 38.1 Å². The third-order valence-electron chi connectivity index (χ3n) is 3.17. The Labute approximate surface area is 140 Å². The third-order valence-corrected chi connectivity index (χ3v) is 3.17. The van der Waals surface area contributed by atoms with Gasteiger partial charge in [0.25, 0.3) is 5.91 Å². The molecule has 0 aromatic heterocycles. The van der Waals surface area contributed by atoms with Crippen LogP contribution in [0.2, 0.25) is 0 Å². The number of aromatic hydroxyl groups is 1. The van der Waals surface area contributed by atoms with E-state index in [0.717, 1.165) is 5.56 Å². The molecule has 0 atom stereocenters. The van der Waals surface area contributed by atoms with E-state index in [1.165, 1.54) is 12.1 Å². The predicted octanol–water partition coefficient (Wildman–Crippen LogP) is 2.89. The fourth-order valence-electron chi connectivity index (χ4n) is 2.06. The van der Waals surface area contributed by atoms with Crippen LogP contribution in [0.15, 0.2) is 42.5 Å². The molecule has 0 bridgehead atoms. The molecule has 0 saturated carbocycles. The molecule has 2 aromatic rings. The lowest BCUT2D eigenvalue weighted by Crippen LogP contribution is -2.21. The minimum Gasteiger partial charge on any atom is -0.507 e. The lowest BCUT2D eigenvalue weighted by molar-refractivity contribution is -0.119. The van der Waals surface area contributed by atoms with E-state index in [1.54, 1.807) is 37.3 Å². The van der Waals surface area contributed by atoms with E-state index in [2.05, 4.69) is 5.32 Å². The van der Waals surface area contributed by atoms with Gasteiger partial charge >= 0.3 is 5.97 Å². The number of amides is 1. The molecular weight excluding hydrogens is 310 g/mol. The number of aryl methyl sites for hydroxylation is 1. The van der Waals surface area contributed by atoms with Crippen molar-refractivity contribution in [3.05, 3.63) is 53.6 Å². The lowest BCUT2D eigenvalue weighted by atomic mass is 10.1. The van der Waals surface area contributed by atoms with E-state index in [4.69, 9.17) is 9.47 Å². The number of carbonyl (C=O) groups is 2. The molecule has 24 heavy (non-hydrogen) atoms. The van der Waals surface area contributed by atoms with Crippen molar-refractivity contribution >= 4 is 17.6 Å². The Morgan fingerprint density at radius 1 is 1.17 bits per heavy atom. The molecule has 0 spiro atoms. The standard InChI is InChI=1S/C18H19NO5/c1-3-23-16-7-5-4-6-14(16)19-17(21)11-24-18(22)13-10-12(2)8-9-15(13)20/h4-10,20H,3,11H2,1-2H3,(H,19,21). The first-order chi connectivity index (χ1) is 11.5. The number of hydrogen-bond acceptors (Lipinski definition) is 5. The van der Waals surface area contributed by atoms with Gasteiger partial charge in [0.05, 0.1) is 12.3 Å². The minimum atomic E-state index is -0.760. The average molecular weight is 329 g/mol. The molecule has 0 aliphatic carbocycles. The van der Waals surface area contributed by atoms with Crippen LogP contribution in [-0.4, -0.2) is 30.2 Å². The first-order valence-electron chi connectivity index (χ1n) is 7.49. The van der Waals surface area contributed by atoms with Crippen LogP contribution in [-0.2, 0) is 9.53 Å². The maximum atomic E-state index is 12.0. The maximum absolute atomic E-state index is 12.0. The Balaban J connectivity index is 1.96. The van der Waals surface area contributed by atoms with E-state index in [-0.39, 0.29) is 11.3 Å². The summed E-state index contributed by atoms with van der Waals surface area (Å²) >= 11 is 0. The highest BCUT2D eigenvalue weighted by Crippen LogP contribution is 2.23. The summed E-state index contributed by atoms with van der Waals surface area (Å²) in [4.78, 5) is 23.9. The molecule has 6 heteroatoms. The van der Waals surface area contributed by atoms with E-state index in [0.29, 0.717) is 18.0 Å². The van der Waals surface area contributed by atoms with Crippen molar-refractivity contribution in [2.24, 2.45) is 0 Å². The normalized spacial score (nSPS) is 10.1. The summed E-state index contributed by atoms with van der Waals surface area (Å²) in [6.45, 7) is 3.63. The van der Waals surface area contributed by atoms with E-state index >= 15 is 0 Å². The van der Waals surface area contributed by atoms with Crippen molar-refractivity contribution in [3.8, 4) is 11.5 Å². The zero-order chi connectivity index (χ0) is 17.5. The molecule has 0 aliphatic heterocycles. The molecule has 0 fully saturated rings. The molecule has 1 amide bonds. The quantitative estimate of drug-likeness (QED) is 0.796. The Kier molecular flexibility index (Phi) is 5.78. The second-order valence-electron chi connectivity index (χ2n) is 5.07. The highest BCUT2D eigenvalue weighted by atomic mass is 16.5. The number of rotatable bonds is 6. The first-order valence-corrected chi connectivity index (χ1v) is 7.49. The summed E-state index contributed by atoms with van der Waals surface area (Å²) < 4.78 is 10.4. The molecule has 0 aliphatic rings. The van der Waals surface area contributed by atoms with Crippen LogP contribution in [0, 0.1) is 6.92 Å². The molecule has 2 N–H and O–H groups in total. The number of nitrogens with one attached hydrogen (secondary N) is 1. The van der Waals surface area contributed by atoms with E-state index in [1.807, 2.05) is 6.92 Å². The van der Waals surface area contributed by atoms with Crippen molar-refractivity contribution in [3.63, 3.8) is 0 Å². The van der Waals surface area contributed by atoms with Crippen molar-refractivity contribution in [1.29, 1.82) is 0 Å². The number of hydrogen-bond donors (Lipinski definition) is 2. The minimum absolute atomic E-state index is 0.0255. The number of phenolic OH excluding ortho intramolecular Hbond substituents is 1. The van der Waals surface area contributed by atoms with Crippen LogP contribution >= 0.6 is 0 Å². The first kappa shape index (κ1) is 17.3. The summed E-state index contributed by atoms with van der Waals surface area (Å²) in [7, 11) is 0. The molecule has 0 heterocycles. The summed E-state index contributed by atoms with van der Waals surface area (Å²) in [5, 5.41) is 12.3. The van der Waals surface area contributed by atoms with Gasteiger partial charge in [0.15, 0.2) is 6.61 Å². The molecule has 0 unspecified atom stereocenters. The molecule has 126 valence electrons. The van der Waals surface area contributed by atoms with Gasteiger partial charge in [-0.2, -0.15) is 0 Å². The van der Waals surface area contributed by atoms with Crippen LogP contribution in [0.3, 0.4) is 0 Å². The van der Waals surface area contributed by atoms with Gasteiger partial charge in [0, 0.05) is 0 Å². The van der Waals surface area contributed by atoms with Gasteiger partial charge < -0.3 is 19.9 Å². The van der Waals surface area contributed by atoms with Gasteiger partial charge in [-0.15, -0.1) is 0 Å². The number of para-hydroxylation sites is 2. The number of ether oxygens (including phenoxy) is 2.